The fourth-order valence-electron chi connectivity index (χ4n) is 2.79. The third-order valence-corrected chi connectivity index (χ3v) is 7.72. The van der Waals surface area contributed by atoms with E-state index in [1.54, 1.807) is 36.4 Å². The Balaban J connectivity index is 1.69. The molecule has 0 saturated carbocycles. The topological polar surface area (TPSA) is 166 Å². The number of rotatable bonds is 15. The van der Waals surface area contributed by atoms with E-state index < -0.39 is 31.7 Å². The van der Waals surface area contributed by atoms with Crippen LogP contribution in [-0.2, 0) is 23.9 Å². The summed E-state index contributed by atoms with van der Waals surface area (Å²) >= 11 is 0. The number of methoxy groups -OCH3 is 2. The van der Waals surface area contributed by atoms with E-state index in [-0.39, 0.29) is 26.1 Å². The van der Waals surface area contributed by atoms with E-state index in [0.717, 1.165) is 0 Å². The molecule has 13 heteroatoms. The van der Waals surface area contributed by atoms with Crippen LogP contribution in [0.25, 0.3) is 0 Å². The van der Waals surface area contributed by atoms with Gasteiger partial charge in [0.25, 0.3) is 20.2 Å². The van der Waals surface area contributed by atoms with E-state index in [2.05, 4.69) is 3.63 Å². The minimum Gasteiger partial charge on any atom is -0.494 e. The van der Waals surface area contributed by atoms with Crippen LogP contribution in [0.5, 0.6) is 23.0 Å². The van der Waals surface area contributed by atoms with Crippen molar-refractivity contribution in [1.29, 1.82) is 0 Å². The van der Waals surface area contributed by atoms with Gasteiger partial charge in [-0.1, -0.05) is 0 Å². The van der Waals surface area contributed by atoms with Crippen molar-refractivity contribution in [1.82, 2.24) is 0 Å². The summed E-state index contributed by atoms with van der Waals surface area (Å²) in [6, 6.07) is 9.69. The number of unbranched alkanes of at least 4 members (excludes halogenated alkanes) is 1. The molecule has 0 bridgehead atoms. The van der Waals surface area contributed by atoms with Crippen molar-refractivity contribution < 1.29 is 39.4 Å². The molecule has 0 unspecified atom stereocenters. The Labute approximate surface area is 200 Å². The van der Waals surface area contributed by atoms with Gasteiger partial charge in [0, 0.05) is 12.1 Å². The van der Waals surface area contributed by atoms with Gasteiger partial charge in [-0.3, -0.25) is 0 Å². The lowest BCUT2D eigenvalue weighted by Crippen LogP contribution is -2.20. The predicted molar refractivity (Wildman–Crippen MR) is 128 cm³/mol. The summed E-state index contributed by atoms with van der Waals surface area (Å²) in [6.45, 7) is 0.256. The maximum atomic E-state index is 12.0. The molecular formula is C21H30N2O9S2. The number of anilines is 2. The highest BCUT2D eigenvalue weighted by molar-refractivity contribution is 7.99. The molecule has 4 N–H and O–H groups in total. The zero-order chi connectivity index (χ0) is 25.2. The van der Waals surface area contributed by atoms with Crippen LogP contribution in [0.4, 0.5) is 11.4 Å². The minimum absolute atomic E-state index is 0.0307. The van der Waals surface area contributed by atoms with Gasteiger partial charge in [0.1, 0.15) is 23.0 Å². The van der Waals surface area contributed by atoms with Crippen molar-refractivity contribution in [2.24, 2.45) is 0 Å². The summed E-state index contributed by atoms with van der Waals surface area (Å²) in [5, 5.41) is 0. The first-order chi connectivity index (χ1) is 16.0. The highest BCUT2D eigenvalue weighted by Gasteiger charge is 2.22. The lowest BCUT2D eigenvalue weighted by Gasteiger charge is -2.10. The van der Waals surface area contributed by atoms with Crippen molar-refractivity contribution in [3.8, 4) is 23.0 Å². The van der Waals surface area contributed by atoms with Gasteiger partial charge in [-0.25, -0.2) is 0 Å². The van der Waals surface area contributed by atoms with Crippen LogP contribution in [0.1, 0.15) is 19.3 Å². The Kier molecular flexibility index (Phi) is 10.1. The number of nitrogens with two attached hydrogens (primary N) is 2. The van der Waals surface area contributed by atoms with Crippen LogP contribution < -0.4 is 30.4 Å². The highest BCUT2D eigenvalue weighted by Crippen LogP contribution is 2.27. The van der Waals surface area contributed by atoms with Crippen molar-refractivity contribution in [3.63, 3.8) is 0 Å². The van der Waals surface area contributed by atoms with E-state index >= 15 is 0 Å². The molecule has 0 aliphatic heterocycles. The average Bonchev–Trinajstić information content (AvgIpc) is 2.77. The van der Waals surface area contributed by atoms with Crippen LogP contribution in [0, 0.1) is 0 Å². The van der Waals surface area contributed by atoms with Crippen LogP contribution in [0.15, 0.2) is 36.4 Å². The Morgan fingerprint density at radius 2 is 1.12 bits per heavy atom. The minimum atomic E-state index is -4.28. The van der Waals surface area contributed by atoms with E-state index in [0.29, 0.717) is 40.8 Å². The Morgan fingerprint density at radius 3 is 1.59 bits per heavy atom. The van der Waals surface area contributed by atoms with Crippen molar-refractivity contribution >= 4 is 31.6 Å². The van der Waals surface area contributed by atoms with Crippen molar-refractivity contribution in [2.75, 3.05) is 50.4 Å². The summed E-state index contributed by atoms with van der Waals surface area (Å²) < 4.78 is 73.7. The normalized spacial score (nSPS) is 11.7. The van der Waals surface area contributed by atoms with Gasteiger partial charge in [-0.15, -0.1) is 3.63 Å². The van der Waals surface area contributed by atoms with Crippen LogP contribution in [0.2, 0.25) is 0 Å². The fourth-order valence-corrected chi connectivity index (χ4v) is 5.62. The molecule has 0 heterocycles. The lowest BCUT2D eigenvalue weighted by molar-refractivity contribution is 0.306. The second-order valence-corrected chi connectivity index (χ2v) is 10.7. The highest BCUT2D eigenvalue weighted by atomic mass is 32.3. The largest absolute Gasteiger partial charge is 0.494 e. The second-order valence-electron chi connectivity index (χ2n) is 7.16. The van der Waals surface area contributed by atoms with E-state index in [4.69, 9.17) is 30.4 Å². The van der Waals surface area contributed by atoms with E-state index in [9.17, 15) is 16.8 Å². The number of ether oxygens (including phenoxy) is 4. The third-order valence-electron chi connectivity index (χ3n) is 4.48. The maximum Gasteiger partial charge on any atom is 0.281 e. The fraction of sp³-hybridized carbons (Fsp3) is 0.429. The van der Waals surface area contributed by atoms with Crippen LogP contribution >= 0.6 is 0 Å². The van der Waals surface area contributed by atoms with Gasteiger partial charge in [-0.2, -0.15) is 16.8 Å². The zero-order valence-electron chi connectivity index (χ0n) is 19.1. The molecule has 0 aliphatic carbocycles. The first kappa shape index (κ1) is 27.3. The summed E-state index contributed by atoms with van der Waals surface area (Å²) in [7, 11) is -5.59. The lowest BCUT2D eigenvalue weighted by atomic mass is 10.3. The summed E-state index contributed by atoms with van der Waals surface area (Å²) in [5.41, 5.74) is 12.4. The quantitative estimate of drug-likeness (QED) is 0.262. The number of hydrogen-bond acceptors (Lipinski definition) is 11. The average molecular weight is 519 g/mol. The monoisotopic (exact) mass is 518 g/mol. The Hall–Kier alpha value is -2.90. The number of benzene rings is 2. The summed E-state index contributed by atoms with van der Waals surface area (Å²) in [4.78, 5) is 0. The van der Waals surface area contributed by atoms with Gasteiger partial charge in [0.2, 0.25) is 0 Å². The first-order valence-corrected chi connectivity index (χ1v) is 13.5. The number of nitrogen functional groups attached to an aromatic ring is 2. The van der Waals surface area contributed by atoms with Crippen molar-refractivity contribution in [3.05, 3.63) is 36.4 Å². The molecule has 0 aliphatic rings. The smallest absolute Gasteiger partial charge is 0.281 e. The van der Waals surface area contributed by atoms with Crippen LogP contribution in [-0.4, -0.2) is 55.8 Å². The molecule has 0 amide bonds. The van der Waals surface area contributed by atoms with Gasteiger partial charge in [0.05, 0.1) is 50.3 Å². The van der Waals surface area contributed by atoms with Gasteiger partial charge in [-0.05, 0) is 43.5 Å². The first-order valence-electron chi connectivity index (χ1n) is 10.3. The van der Waals surface area contributed by atoms with E-state index in [1.165, 1.54) is 14.2 Å². The van der Waals surface area contributed by atoms with Crippen LogP contribution in [0.3, 0.4) is 0 Å². The standard InChI is InChI=1S/C21H30N2O9S2/c1-28-20-14-16(6-8-18(20)22)30-10-3-4-12-33(24,25)32-34(26,27)13-5-11-31-17-7-9-19(23)21(15-17)29-2/h6-9,14-15H,3-5,10-13,22-23H2,1-2H3. The summed E-state index contributed by atoms with van der Waals surface area (Å²) in [6.07, 6.45) is 0.559. The molecule has 2 rings (SSSR count). The van der Waals surface area contributed by atoms with Gasteiger partial charge < -0.3 is 30.4 Å². The molecule has 34 heavy (non-hydrogen) atoms. The molecule has 2 aromatic rings. The predicted octanol–water partition coefficient (Wildman–Crippen LogP) is 2.17. The Morgan fingerprint density at radius 1 is 0.676 bits per heavy atom. The van der Waals surface area contributed by atoms with E-state index in [1.807, 2.05) is 0 Å². The molecule has 11 nitrogen and oxygen atoms in total. The van der Waals surface area contributed by atoms with Crippen molar-refractivity contribution in [2.45, 2.75) is 19.3 Å². The molecular weight excluding hydrogens is 488 g/mol. The SMILES string of the molecule is COc1cc(OCCCCS(=O)(=O)OS(=O)(=O)CCCOc2ccc(N)c(OC)c2)ccc1N. The van der Waals surface area contributed by atoms with Gasteiger partial charge in [0.15, 0.2) is 0 Å². The molecule has 0 aromatic heterocycles. The molecule has 2 aromatic carbocycles. The third kappa shape index (κ3) is 9.15. The Bertz CT molecular complexity index is 1150. The molecule has 0 atom stereocenters. The molecule has 0 spiro atoms. The molecule has 0 radical (unpaired) electrons. The second kappa shape index (κ2) is 12.5. The maximum absolute atomic E-state index is 12.0. The molecule has 0 saturated heterocycles. The molecule has 0 fully saturated rings. The molecule has 190 valence electrons. The summed E-state index contributed by atoms with van der Waals surface area (Å²) in [5.74, 6) is 0.891. The van der Waals surface area contributed by atoms with Gasteiger partial charge >= 0.3 is 0 Å². The zero-order valence-corrected chi connectivity index (χ0v) is 20.7. The number of hydrogen-bond donors (Lipinski definition) is 2.